The first kappa shape index (κ1) is 15.6. The second-order valence-electron chi connectivity index (χ2n) is 5.35. The zero-order valence-electron chi connectivity index (χ0n) is 11.8. The minimum atomic E-state index is -4.38. The van der Waals surface area contributed by atoms with Gasteiger partial charge < -0.3 is 10.2 Å². The van der Waals surface area contributed by atoms with Crippen molar-refractivity contribution in [2.75, 3.05) is 18.0 Å². The summed E-state index contributed by atoms with van der Waals surface area (Å²) in [7, 11) is 0. The van der Waals surface area contributed by atoms with Gasteiger partial charge in [-0.3, -0.25) is 0 Å². The van der Waals surface area contributed by atoms with Gasteiger partial charge in [-0.15, -0.1) is 0 Å². The van der Waals surface area contributed by atoms with Crippen LogP contribution in [0, 0.1) is 0 Å². The summed E-state index contributed by atoms with van der Waals surface area (Å²) in [5, 5.41) is 3.55. The van der Waals surface area contributed by atoms with Crippen LogP contribution < -0.4 is 10.2 Å². The number of alkyl halides is 3. The second kappa shape index (κ2) is 6.30. The fraction of sp³-hybridized carbons (Fsp3) is 0.769. The molecular formula is C13H20F3N3S. The van der Waals surface area contributed by atoms with Crippen molar-refractivity contribution in [2.24, 2.45) is 0 Å². The lowest BCUT2D eigenvalue weighted by Crippen LogP contribution is -2.29. The zero-order chi connectivity index (χ0) is 14.8. The van der Waals surface area contributed by atoms with Crippen LogP contribution in [0.25, 0.3) is 0 Å². The Kier molecular flexibility index (Phi) is 4.90. The number of piperidine rings is 1. The molecule has 0 amide bonds. The van der Waals surface area contributed by atoms with Crippen molar-refractivity contribution in [1.29, 1.82) is 0 Å². The Hall–Kier alpha value is -0.820. The molecule has 1 aliphatic heterocycles. The monoisotopic (exact) mass is 307 g/mol. The molecule has 1 saturated heterocycles. The lowest BCUT2D eigenvalue weighted by molar-refractivity contribution is -0.141. The van der Waals surface area contributed by atoms with E-state index in [4.69, 9.17) is 0 Å². The predicted octanol–water partition coefficient (Wildman–Crippen LogP) is 3.65. The van der Waals surface area contributed by atoms with Crippen LogP contribution in [0.2, 0.25) is 0 Å². The Labute approximate surface area is 121 Å². The van der Waals surface area contributed by atoms with Crippen LogP contribution in [-0.2, 0) is 12.7 Å². The van der Waals surface area contributed by atoms with Crippen molar-refractivity contribution in [1.82, 2.24) is 10.3 Å². The molecule has 0 radical (unpaired) electrons. The van der Waals surface area contributed by atoms with Gasteiger partial charge in [0, 0.05) is 25.7 Å². The Morgan fingerprint density at radius 3 is 2.45 bits per heavy atom. The Bertz CT molecular complexity index is 437. The quantitative estimate of drug-likeness (QED) is 0.920. The molecule has 1 aliphatic rings. The molecule has 1 aromatic rings. The lowest BCUT2D eigenvalue weighted by Gasteiger charge is -2.25. The van der Waals surface area contributed by atoms with Gasteiger partial charge in [-0.1, -0.05) is 25.2 Å². The van der Waals surface area contributed by atoms with Crippen LogP contribution in [0.15, 0.2) is 0 Å². The van der Waals surface area contributed by atoms with Crippen molar-refractivity contribution in [2.45, 2.75) is 51.9 Å². The molecule has 0 unspecified atom stereocenters. The largest absolute Gasteiger partial charge is 0.434 e. The molecule has 2 heterocycles. The maximum absolute atomic E-state index is 13.1. The SMILES string of the molecule is CC(C)NCc1sc(N2CCCCC2)nc1C(F)(F)F. The first-order valence-corrected chi connectivity index (χ1v) is 7.75. The smallest absolute Gasteiger partial charge is 0.348 e. The number of halogens is 3. The van der Waals surface area contributed by atoms with Crippen LogP contribution in [0.1, 0.15) is 43.7 Å². The van der Waals surface area contributed by atoms with Gasteiger partial charge in [0.2, 0.25) is 0 Å². The zero-order valence-corrected chi connectivity index (χ0v) is 12.6. The van der Waals surface area contributed by atoms with E-state index in [-0.39, 0.29) is 17.5 Å². The summed E-state index contributed by atoms with van der Waals surface area (Å²) in [5.41, 5.74) is -0.726. The summed E-state index contributed by atoms with van der Waals surface area (Å²) in [6.45, 7) is 5.67. The van der Waals surface area contributed by atoms with E-state index in [0.29, 0.717) is 5.13 Å². The highest BCUT2D eigenvalue weighted by atomic mass is 32.1. The third-order valence-corrected chi connectivity index (χ3v) is 4.37. The van der Waals surface area contributed by atoms with Gasteiger partial charge in [0.05, 0.1) is 4.88 Å². The first-order valence-electron chi connectivity index (χ1n) is 6.93. The number of nitrogens with one attached hydrogen (secondary N) is 1. The van der Waals surface area contributed by atoms with E-state index in [2.05, 4.69) is 10.3 Å². The minimum Gasteiger partial charge on any atom is -0.348 e. The minimum absolute atomic E-state index is 0.150. The molecule has 114 valence electrons. The molecule has 7 heteroatoms. The molecule has 0 bridgehead atoms. The summed E-state index contributed by atoms with van der Waals surface area (Å²) in [5.74, 6) is 0. The third kappa shape index (κ3) is 3.85. The summed E-state index contributed by atoms with van der Waals surface area (Å²) in [6.07, 6.45) is -1.17. The number of hydrogen-bond donors (Lipinski definition) is 1. The molecule has 0 atom stereocenters. The molecule has 0 aromatic carbocycles. The number of rotatable bonds is 4. The second-order valence-corrected chi connectivity index (χ2v) is 6.41. The highest BCUT2D eigenvalue weighted by Gasteiger charge is 2.38. The van der Waals surface area contributed by atoms with Gasteiger partial charge in [-0.2, -0.15) is 13.2 Å². The van der Waals surface area contributed by atoms with Gasteiger partial charge >= 0.3 is 6.18 Å². The van der Waals surface area contributed by atoms with Gasteiger partial charge in [-0.05, 0) is 19.3 Å². The summed E-state index contributed by atoms with van der Waals surface area (Å²) >= 11 is 1.17. The molecule has 1 N–H and O–H groups in total. The van der Waals surface area contributed by atoms with Gasteiger partial charge in [0.1, 0.15) is 0 Å². The van der Waals surface area contributed by atoms with Crippen molar-refractivity contribution < 1.29 is 13.2 Å². The van der Waals surface area contributed by atoms with E-state index in [1.165, 1.54) is 11.3 Å². The maximum atomic E-state index is 13.1. The molecule has 20 heavy (non-hydrogen) atoms. The molecule has 1 aromatic heterocycles. The first-order chi connectivity index (χ1) is 9.38. The predicted molar refractivity (Wildman–Crippen MR) is 75.2 cm³/mol. The maximum Gasteiger partial charge on any atom is 0.434 e. The molecular weight excluding hydrogens is 287 g/mol. The summed E-state index contributed by atoms with van der Waals surface area (Å²) in [6, 6.07) is 0.150. The Morgan fingerprint density at radius 1 is 1.25 bits per heavy atom. The fourth-order valence-electron chi connectivity index (χ4n) is 2.20. The van der Waals surface area contributed by atoms with E-state index < -0.39 is 11.9 Å². The highest BCUT2D eigenvalue weighted by Crippen LogP contribution is 2.38. The number of aromatic nitrogens is 1. The summed E-state index contributed by atoms with van der Waals surface area (Å²) in [4.78, 5) is 6.12. The molecule has 0 saturated carbocycles. The number of thiazole rings is 1. The van der Waals surface area contributed by atoms with Crippen molar-refractivity contribution in [3.63, 3.8) is 0 Å². The van der Waals surface area contributed by atoms with Crippen LogP contribution in [0.3, 0.4) is 0 Å². The van der Waals surface area contributed by atoms with Gasteiger partial charge in [0.15, 0.2) is 10.8 Å². The topological polar surface area (TPSA) is 28.2 Å². The van der Waals surface area contributed by atoms with Crippen LogP contribution in [-0.4, -0.2) is 24.1 Å². The molecule has 2 rings (SSSR count). The molecule has 0 spiro atoms. The normalized spacial score (nSPS) is 17.0. The van der Waals surface area contributed by atoms with E-state index in [1.54, 1.807) is 0 Å². The number of hydrogen-bond acceptors (Lipinski definition) is 4. The van der Waals surface area contributed by atoms with Crippen molar-refractivity contribution in [3.8, 4) is 0 Å². The highest BCUT2D eigenvalue weighted by molar-refractivity contribution is 7.15. The Morgan fingerprint density at radius 2 is 1.90 bits per heavy atom. The van der Waals surface area contributed by atoms with Crippen molar-refractivity contribution >= 4 is 16.5 Å². The molecule has 1 fully saturated rings. The molecule has 0 aliphatic carbocycles. The van der Waals surface area contributed by atoms with E-state index >= 15 is 0 Å². The van der Waals surface area contributed by atoms with Crippen LogP contribution in [0.5, 0.6) is 0 Å². The Balaban J connectivity index is 2.21. The van der Waals surface area contributed by atoms with Gasteiger partial charge in [-0.25, -0.2) is 4.98 Å². The van der Waals surface area contributed by atoms with E-state index in [9.17, 15) is 13.2 Å². The number of nitrogens with zero attached hydrogens (tertiary/aromatic N) is 2. The number of anilines is 1. The standard InChI is InChI=1S/C13H20F3N3S/c1-9(2)17-8-10-11(13(14,15)16)18-12(20-10)19-6-4-3-5-7-19/h9,17H,3-8H2,1-2H3. The summed E-state index contributed by atoms with van der Waals surface area (Å²) < 4.78 is 39.2. The van der Waals surface area contributed by atoms with Crippen LogP contribution in [0.4, 0.5) is 18.3 Å². The average molecular weight is 307 g/mol. The average Bonchev–Trinajstić information content (AvgIpc) is 2.81. The fourth-order valence-corrected chi connectivity index (χ4v) is 3.28. The van der Waals surface area contributed by atoms with Gasteiger partial charge in [0.25, 0.3) is 0 Å². The van der Waals surface area contributed by atoms with E-state index in [0.717, 1.165) is 32.4 Å². The third-order valence-electron chi connectivity index (χ3n) is 3.25. The van der Waals surface area contributed by atoms with Crippen molar-refractivity contribution in [3.05, 3.63) is 10.6 Å². The van der Waals surface area contributed by atoms with E-state index in [1.807, 2.05) is 18.7 Å². The lowest BCUT2D eigenvalue weighted by atomic mass is 10.1. The van der Waals surface area contributed by atoms with Crippen LogP contribution >= 0.6 is 11.3 Å². The molecule has 3 nitrogen and oxygen atoms in total.